The van der Waals surface area contributed by atoms with Gasteiger partial charge in [0.25, 0.3) is 0 Å². The van der Waals surface area contributed by atoms with Gasteiger partial charge in [0.1, 0.15) is 6.33 Å². The first-order chi connectivity index (χ1) is 10.3. The van der Waals surface area contributed by atoms with E-state index < -0.39 is 0 Å². The normalized spacial score (nSPS) is 10.8. The van der Waals surface area contributed by atoms with Crippen molar-refractivity contribution in [2.45, 2.75) is 26.8 Å². The van der Waals surface area contributed by atoms with Gasteiger partial charge < -0.3 is 5.32 Å². The number of tetrazole rings is 1. The molecule has 7 heteroatoms. The molecule has 0 aliphatic rings. The molecule has 0 amide bonds. The zero-order valence-electron chi connectivity index (χ0n) is 11.9. The molecule has 2 aromatic heterocycles. The molecule has 0 aliphatic heterocycles. The Morgan fingerprint density at radius 2 is 2.24 bits per heavy atom. The predicted octanol–water partition coefficient (Wildman–Crippen LogP) is 2.60. The van der Waals surface area contributed by atoms with Crippen molar-refractivity contribution in [2.75, 3.05) is 5.32 Å². The van der Waals surface area contributed by atoms with Gasteiger partial charge >= 0.3 is 0 Å². The summed E-state index contributed by atoms with van der Waals surface area (Å²) in [5, 5.41) is 15.9. The highest BCUT2D eigenvalue weighted by Crippen LogP contribution is 2.20. The Balaban J connectivity index is 1.75. The van der Waals surface area contributed by atoms with E-state index in [2.05, 4.69) is 44.9 Å². The third-order valence-electron chi connectivity index (χ3n) is 3.18. The number of nitrogens with zero attached hydrogens (tertiary/aromatic N) is 5. The molecule has 6 nitrogen and oxygen atoms in total. The quantitative estimate of drug-likeness (QED) is 0.784. The first-order valence-corrected chi connectivity index (χ1v) is 7.59. The predicted molar refractivity (Wildman–Crippen MR) is 82.7 cm³/mol. The lowest BCUT2D eigenvalue weighted by atomic mass is 10.2. The van der Waals surface area contributed by atoms with Crippen LogP contribution in [0, 0.1) is 6.92 Å². The summed E-state index contributed by atoms with van der Waals surface area (Å²) >= 11 is 1.75. The van der Waals surface area contributed by atoms with Gasteiger partial charge in [0, 0.05) is 16.8 Å². The molecule has 0 radical (unpaired) electrons. The summed E-state index contributed by atoms with van der Waals surface area (Å²) in [6.45, 7) is 4.93. The number of rotatable bonds is 5. The van der Waals surface area contributed by atoms with Crippen molar-refractivity contribution < 1.29 is 0 Å². The van der Waals surface area contributed by atoms with E-state index in [1.807, 2.05) is 19.2 Å². The Labute approximate surface area is 126 Å². The van der Waals surface area contributed by atoms with Crippen LogP contribution in [0.25, 0.3) is 5.69 Å². The summed E-state index contributed by atoms with van der Waals surface area (Å²) in [5.41, 5.74) is 3.14. The molecule has 0 fully saturated rings. The van der Waals surface area contributed by atoms with Crippen molar-refractivity contribution in [3.63, 3.8) is 0 Å². The molecule has 3 rings (SSSR count). The molecule has 1 aromatic carbocycles. The minimum Gasteiger partial charge on any atom is -0.380 e. The van der Waals surface area contributed by atoms with Crippen molar-refractivity contribution in [3.8, 4) is 5.69 Å². The summed E-state index contributed by atoms with van der Waals surface area (Å²) in [4.78, 5) is 5.60. The maximum Gasteiger partial charge on any atom is 0.143 e. The molecule has 0 saturated heterocycles. The van der Waals surface area contributed by atoms with Crippen LogP contribution >= 0.6 is 11.3 Å². The van der Waals surface area contributed by atoms with Crippen LogP contribution in [0.2, 0.25) is 0 Å². The summed E-state index contributed by atoms with van der Waals surface area (Å²) < 4.78 is 1.67. The van der Waals surface area contributed by atoms with Gasteiger partial charge in [-0.2, -0.15) is 0 Å². The Morgan fingerprint density at radius 3 is 2.95 bits per heavy atom. The van der Waals surface area contributed by atoms with Crippen molar-refractivity contribution in [3.05, 3.63) is 46.2 Å². The van der Waals surface area contributed by atoms with Crippen molar-refractivity contribution >= 4 is 17.0 Å². The van der Waals surface area contributed by atoms with Crippen molar-refractivity contribution in [1.82, 2.24) is 25.2 Å². The number of nitrogens with one attached hydrogen (secondary N) is 1. The average molecular weight is 300 g/mol. The van der Waals surface area contributed by atoms with Gasteiger partial charge in [0.2, 0.25) is 0 Å². The Morgan fingerprint density at radius 1 is 1.33 bits per heavy atom. The smallest absolute Gasteiger partial charge is 0.143 e. The lowest BCUT2D eigenvalue weighted by Gasteiger charge is -2.09. The monoisotopic (exact) mass is 300 g/mol. The van der Waals surface area contributed by atoms with Gasteiger partial charge in [0.05, 0.1) is 17.2 Å². The van der Waals surface area contributed by atoms with Crippen LogP contribution < -0.4 is 5.32 Å². The lowest BCUT2D eigenvalue weighted by Crippen LogP contribution is -2.02. The summed E-state index contributed by atoms with van der Waals surface area (Å²) in [5.74, 6) is 0. The molecule has 0 saturated carbocycles. The number of hydrogen-bond acceptors (Lipinski definition) is 6. The fourth-order valence-corrected chi connectivity index (χ4v) is 2.82. The highest BCUT2D eigenvalue weighted by atomic mass is 32.1. The van der Waals surface area contributed by atoms with Gasteiger partial charge in [-0.05, 0) is 41.5 Å². The second kappa shape index (κ2) is 6.01. The minimum absolute atomic E-state index is 0.774. The largest absolute Gasteiger partial charge is 0.380 e. The van der Waals surface area contributed by atoms with Gasteiger partial charge in [-0.1, -0.05) is 13.0 Å². The number of benzene rings is 1. The average Bonchev–Trinajstić information content (AvgIpc) is 3.18. The molecular weight excluding hydrogens is 284 g/mol. The zero-order chi connectivity index (χ0) is 14.7. The molecule has 2 heterocycles. The van der Waals surface area contributed by atoms with Crippen LogP contribution in [0.3, 0.4) is 0 Å². The first-order valence-electron chi connectivity index (χ1n) is 6.77. The first kappa shape index (κ1) is 13.7. The molecule has 3 aromatic rings. The molecule has 0 unspecified atom stereocenters. The number of anilines is 1. The molecule has 0 spiro atoms. The van der Waals surface area contributed by atoms with Gasteiger partial charge in [0.15, 0.2) is 0 Å². The number of hydrogen-bond donors (Lipinski definition) is 1. The second-order valence-corrected chi connectivity index (χ2v) is 5.88. The Hall–Kier alpha value is -2.28. The molecule has 0 bridgehead atoms. The van der Waals surface area contributed by atoms with Crippen LogP contribution in [0.15, 0.2) is 30.7 Å². The maximum absolute atomic E-state index is 4.37. The Bertz CT molecular complexity index is 719. The SMILES string of the molecule is CCc1ncc(CNc2ccc(C)c(-n3cnnn3)c2)s1. The fraction of sp³-hybridized carbons (Fsp3) is 0.286. The van der Waals surface area contributed by atoms with Crippen LogP contribution in [0.1, 0.15) is 22.4 Å². The highest BCUT2D eigenvalue weighted by Gasteiger charge is 2.05. The van der Waals surface area contributed by atoms with Crippen LogP contribution in [-0.4, -0.2) is 25.2 Å². The highest BCUT2D eigenvalue weighted by molar-refractivity contribution is 7.11. The lowest BCUT2D eigenvalue weighted by molar-refractivity contribution is 0.785. The second-order valence-electron chi connectivity index (χ2n) is 4.68. The van der Waals surface area contributed by atoms with E-state index in [0.717, 1.165) is 29.9 Å². The van der Waals surface area contributed by atoms with Crippen molar-refractivity contribution in [2.24, 2.45) is 0 Å². The third-order valence-corrected chi connectivity index (χ3v) is 4.32. The zero-order valence-corrected chi connectivity index (χ0v) is 12.8. The Kier molecular flexibility index (Phi) is 3.92. The molecule has 1 N–H and O–H groups in total. The van der Waals surface area contributed by atoms with E-state index >= 15 is 0 Å². The van der Waals surface area contributed by atoms with Crippen LogP contribution in [-0.2, 0) is 13.0 Å². The van der Waals surface area contributed by atoms with Gasteiger partial charge in [-0.15, -0.1) is 16.4 Å². The van der Waals surface area contributed by atoms with E-state index in [9.17, 15) is 0 Å². The van der Waals surface area contributed by atoms with Crippen LogP contribution in [0.5, 0.6) is 0 Å². The summed E-state index contributed by atoms with van der Waals surface area (Å²) in [6, 6.07) is 6.17. The van der Waals surface area contributed by atoms with E-state index in [-0.39, 0.29) is 0 Å². The fourth-order valence-electron chi connectivity index (χ4n) is 2.02. The van der Waals surface area contributed by atoms with E-state index in [0.29, 0.717) is 0 Å². The van der Waals surface area contributed by atoms with Crippen LogP contribution in [0.4, 0.5) is 5.69 Å². The number of thiazole rings is 1. The van der Waals surface area contributed by atoms with E-state index in [1.165, 1.54) is 9.88 Å². The molecule has 0 aliphatic carbocycles. The van der Waals surface area contributed by atoms with Crippen molar-refractivity contribution in [1.29, 1.82) is 0 Å². The minimum atomic E-state index is 0.774. The van der Waals surface area contributed by atoms with E-state index in [4.69, 9.17) is 0 Å². The standard InChI is InChI=1S/C14H16N6S/c1-3-14-16-8-12(21-14)7-15-11-5-4-10(2)13(6-11)20-9-17-18-19-20/h4-6,8-9,15H,3,7H2,1-2H3. The third kappa shape index (κ3) is 3.08. The number of aromatic nitrogens is 5. The van der Waals surface area contributed by atoms with Gasteiger partial charge in [-0.25, -0.2) is 9.67 Å². The number of aryl methyl sites for hydroxylation is 2. The molecule has 21 heavy (non-hydrogen) atoms. The van der Waals surface area contributed by atoms with E-state index in [1.54, 1.807) is 22.3 Å². The maximum atomic E-state index is 4.37. The summed E-state index contributed by atoms with van der Waals surface area (Å²) in [7, 11) is 0. The molecular formula is C14H16N6S. The topological polar surface area (TPSA) is 68.5 Å². The molecule has 108 valence electrons. The summed E-state index contributed by atoms with van der Waals surface area (Å²) in [6.07, 6.45) is 4.52. The molecule has 0 atom stereocenters. The van der Waals surface area contributed by atoms with Gasteiger partial charge in [-0.3, -0.25) is 0 Å².